The molecule has 0 spiro atoms. The molecule has 90 valence electrons. The zero-order valence-corrected chi connectivity index (χ0v) is 10.5. The second kappa shape index (κ2) is 4.39. The Bertz CT molecular complexity index is 309. The van der Waals surface area contributed by atoms with E-state index in [2.05, 4.69) is 0 Å². The van der Waals surface area contributed by atoms with Crippen LogP contribution < -0.4 is 0 Å². The third-order valence-electron chi connectivity index (χ3n) is 3.19. The molecule has 1 atom stereocenters. The number of aliphatic hydroxyl groups is 1. The average Bonchev–Trinajstić information content (AvgIpc) is 2.39. The number of nitrogens with zero attached hydrogens (tertiary/aromatic N) is 1. The van der Waals surface area contributed by atoms with E-state index in [1.807, 2.05) is 20.8 Å². The van der Waals surface area contributed by atoms with Crippen LogP contribution in [-0.2, 0) is 10.0 Å². The van der Waals surface area contributed by atoms with Crippen molar-refractivity contribution in [1.82, 2.24) is 4.31 Å². The summed E-state index contributed by atoms with van der Waals surface area (Å²) >= 11 is 0. The predicted molar refractivity (Wildman–Crippen MR) is 60.1 cm³/mol. The number of hydrogen-bond donors (Lipinski definition) is 1. The molecule has 0 saturated carbocycles. The van der Waals surface area contributed by atoms with E-state index in [0.29, 0.717) is 19.4 Å². The van der Waals surface area contributed by atoms with Gasteiger partial charge in [0.25, 0.3) is 0 Å². The van der Waals surface area contributed by atoms with E-state index in [9.17, 15) is 13.5 Å². The monoisotopic (exact) mass is 235 g/mol. The summed E-state index contributed by atoms with van der Waals surface area (Å²) < 4.78 is 24.8. The van der Waals surface area contributed by atoms with Crippen LogP contribution in [0.1, 0.15) is 33.6 Å². The Morgan fingerprint density at radius 1 is 1.40 bits per heavy atom. The molecule has 0 aromatic heterocycles. The second-order valence-corrected chi connectivity index (χ2v) is 6.62. The lowest BCUT2D eigenvalue weighted by molar-refractivity contribution is 0.0155. The van der Waals surface area contributed by atoms with E-state index in [-0.39, 0.29) is 18.2 Å². The maximum absolute atomic E-state index is 11.7. The molecule has 1 fully saturated rings. The summed E-state index contributed by atoms with van der Waals surface area (Å²) in [6, 6.07) is 0. The topological polar surface area (TPSA) is 57.6 Å². The van der Waals surface area contributed by atoms with Crippen molar-refractivity contribution in [3.8, 4) is 0 Å². The minimum absolute atomic E-state index is 0.174. The lowest BCUT2D eigenvalue weighted by Crippen LogP contribution is -2.43. The molecule has 1 rings (SSSR count). The first-order chi connectivity index (χ1) is 6.83. The third kappa shape index (κ3) is 2.92. The molecule has 5 heteroatoms. The van der Waals surface area contributed by atoms with Crippen molar-refractivity contribution < 1.29 is 13.5 Å². The van der Waals surface area contributed by atoms with Crippen molar-refractivity contribution in [1.29, 1.82) is 0 Å². The molecule has 4 nitrogen and oxygen atoms in total. The highest BCUT2D eigenvalue weighted by Crippen LogP contribution is 2.24. The zero-order valence-electron chi connectivity index (χ0n) is 9.73. The summed E-state index contributed by atoms with van der Waals surface area (Å²) in [5.74, 6) is 0.393. The van der Waals surface area contributed by atoms with Crippen LogP contribution in [0.2, 0.25) is 0 Å². The first-order valence-corrected chi connectivity index (χ1v) is 7.14. The molecular formula is C10H21NO3S. The van der Waals surface area contributed by atoms with Crippen molar-refractivity contribution in [2.75, 3.05) is 18.8 Å². The molecule has 1 saturated heterocycles. The second-order valence-electron chi connectivity index (χ2n) is 4.61. The van der Waals surface area contributed by atoms with Gasteiger partial charge in [-0.3, -0.25) is 0 Å². The smallest absolute Gasteiger partial charge is 0.214 e. The normalized spacial score (nSPS) is 27.1. The zero-order chi connectivity index (χ0) is 11.7. The lowest BCUT2D eigenvalue weighted by Gasteiger charge is -2.29. The van der Waals surface area contributed by atoms with E-state index in [0.717, 1.165) is 0 Å². The molecule has 0 aromatic rings. The van der Waals surface area contributed by atoms with Gasteiger partial charge in [0.05, 0.1) is 11.4 Å². The number of β-amino-alcohol motifs (C(OH)–C–C–N with tert-alkyl or cyclic N) is 1. The van der Waals surface area contributed by atoms with Crippen molar-refractivity contribution >= 4 is 10.0 Å². The first kappa shape index (κ1) is 12.9. The van der Waals surface area contributed by atoms with Gasteiger partial charge in [-0.2, -0.15) is 4.31 Å². The van der Waals surface area contributed by atoms with Crippen molar-refractivity contribution in [3.63, 3.8) is 0 Å². The molecule has 0 bridgehead atoms. The largest absolute Gasteiger partial charge is 0.389 e. The van der Waals surface area contributed by atoms with E-state index < -0.39 is 15.6 Å². The van der Waals surface area contributed by atoms with Gasteiger partial charge in [-0.05, 0) is 18.8 Å². The highest BCUT2D eigenvalue weighted by atomic mass is 32.2. The van der Waals surface area contributed by atoms with Crippen LogP contribution in [0, 0.1) is 5.92 Å². The van der Waals surface area contributed by atoms with Gasteiger partial charge in [-0.15, -0.1) is 0 Å². The quantitative estimate of drug-likeness (QED) is 0.785. The predicted octanol–water partition coefficient (Wildman–Crippen LogP) is 0.819. The molecule has 1 aliphatic rings. The van der Waals surface area contributed by atoms with Gasteiger partial charge < -0.3 is 5.11 Å². The first-order valence-electron chi connectivity index (χ1n) is 5.53. The Kier molecular flexibility index (Phi) is 3.79. The minimum atomic E-state index is -3.12. The van der Waals surface area contributed by atoms with Crippen LogP contribution in [0.25, 0.3) is 0 Å². The molecule has 15 heavy (non-hydrogen) atoms. The molecule has 1 heterocycles. The van der Waals surface area contributed by atoms with Crippen LogP contribution in [-0.4, -0.2) is 42.3 Å². The third-order valence-corrected chi connectivity index (χ3v) is 5.25. The van der Waals surface area contributed by atoms with E-state index in [1.54, 1.807) is 0 Å². The fourth-order valence-corrected chi connectivity index (χ4v) is 3.90. The van der Waals surface area contributed by atoms with Crippen LogP contribution in [0.5, 0.6) is 0 Å². The molecule has 1 unspecified atom stereocenters. The lowest BCUT2D eigenvalue weighted by atomic mass is 9.97. The summed E-state index contributed by atoms with van der Waals surface area (Å²) in [7, 11) is -3.12. The Labute approximate surface area is 92.3 Å². The summed E-state index contributed by atoms with van der Waals surface area (Å²) in [4.78, 5) is 0. The minimum Gasteiger partial charge on any atom is -0.389 e. The van der Waals surface area contributed by atoms with Crippen LogP contribution >= 0.6 is 0 Å². The fourth-order valence-electron chi connectivity index (χ4n) is 1.94. The van der Waals surface area contributed by atoms with Crippen molar-refractivity contribution in [2.24, 2.45) is 5.92 Å². The summed E-state index contributed by atoms with van der Waals surface area (Å²) in [6.07, 6.45) is 1.17. The summed E-state index contributed by atoms with van der Waals surface area (Å²) in [6.45, 7) is 6.48. The maximum Gasteiger partial charge on any atom is 0.214 e. The van der Waals surface area contributed by atoms with E-state index in [1.165, 1.54) is 4.31 Å². The van der Waals surface area contributed by atoms with Crippen molar-refractivity contribution in [3.05, 3.63) is 0 Å². The van der Waals surface area contributed by atoms with Gasteiger partial charge in [0, 0.05) is 13.1 Å². The highest BCUT2D eigenvalue weighted by molar-refractivity contribution is 7.89. The van der Waals surface area contributed by atoms with Crippen LogP contribution in [0.3, 0.4) is 0 Å². The molecule has 1 N–H and O–H groups in total. The van der Waals surface area contributed by atoms with Gasteiger partial charge in [0.2, 0.25) is 10.0 Å². The van der Waals surface area contributed by atoms with Gasteiger partial charge in [-0.1, -0.05) is 20.8 Å². The molecule has 0 aliphatic carbocycles. The van der Waals surface area contributed by atoms with Gasteiger partial charge in [-0.25, -0.2) is 8.42 Å². The number of rotatable bonds is 4. The van der Waals surface area contributed by atoms with Crippen molar-refractivity contribution in [2.45, 2.75) is 39.2 Å². The molecule has 0 amide bonds. The molecular weight excluding hydrogens is 214 g/mol. The summed E-state index contributed by atoms with van der Waals surface area (Å²) in [5, 5.41) is 10.1. The van der Waals surface area contributed by atoms with E-state index >= 15 is 0 Å². The Morgan fingerprint density at radius 2 is 1.93 bits per heavy atom. The average molecular weight is 235 g/mol. The summed E-state index contributed by atoms with van der Waals surface area (Å²) in [5.41, 5.74) is -0.864. The van der Waals surface area contributed by atoms with Gasteiger partial charge in [0.1, 0.15) is 0 Å². The fraction of sp³-hybridized carbons (Fsp3) is 1.00. The Morgan fingerprint density at radius 3 is 2.27 bits per heavy atom. The number of sulfonamides is 1. The van der Waals surface area contributed by atoms with E-state index in [4.69, 9.17) is 0 Å². The standard InChI is InChI=1S/C10H21NO3S/c1-4-10(12,5-2)8-11-6-9(3)7-15(11,13)14/h9,12H,4-8H2,1-3H3. The maximum atomic E-state index is 11.7. The van der Waals surface area contributed by atoms with Crippen LogP contribution in [0.4, 0.5) is 0 Å². The van der Waals surface area contributed by atoms with Gasteiger partial charge >= 0.3 is 0 Å². The van der Waals surface area contributed by atoms with Gasteiger partial charge in [0.15, 0.2) is 0 Å². The molecule has 0 radical (unpaired) electrons. The Balaban J connectivity index is 2.74. The van der Waals surface area contributed by atoms with Crippen LogP contribution in [0.15, 0.2) is 0 Å². The molecule has 0 aromatic carbocycles. The SMILES string of the molecule is CCC(O)(CC)CN1CC(C)CS1(=O)=O. The Hall–Kier alpha value is -0.130. The molecule has 1 aliphatic heterocycles. The highest BCUT2D eigenvalue weighted by Gasteiger charge is 2.38. The number of hydrogen-bond acceptors (Lipinski definition) is 3.